The van der Waals surface area contributed by atoms with E-state index in [0.717, 1.165) is 12.8 Å². The molecule has 2 aromatic rings. The standard InChI is InChI=1S/C16H16O3/c17-15-10-9-14(16(18)19)11-13(15)8-4-7-12-5-2-1-3-6-12/h1-3,5-6,9-11,17H,4,7-8H2,(H,18,19). The van der Waals surface area contributed by atoms with E-state index in [0.29, 0.717) is 12.0 Å². The molecule has 0 amide bonds. The number of carbonyl (C=O) groups is 1. The van der Waals surface area contributed by atoms with Crippen molar-refractivity contribution in [3.63, 3.8) is 0 Å². The highest BCUT2D eigenvalue weighted by Gasteiger charge is 2.07. The summed E-state index contributed by atoms with van der Waals surface area (Å²) in [7, 11) is 0. The maximum atomic E-state index is 10.9. The number of aryl methyl sites for hydroxylation is 2. The van der Waals surface area contributed by atoms with Crippen LogP contribution >= 0.6 is 0 Å². The Morgan fingerprint density at radius 3 is 2.42 bits per heavy atom. The molecule has 98 valence electrons. The van der Waals surface area contributed by atoms with Gasteiger partial charge in [-0.3, -0.25) is 0 Å². The summed E-state index contributed by atoms with van der Waals surface area (Å²) in [5.41, 5.74) is 2.15. The van der Waals surface area contributed by atoms with E-state index in [1.165, 1.54) is 17.7 Å². The van der Waals surface area contributed by atoms with Crippen molar-refractivity contribution < 1.29 is 15.0 Å². The van der Waals surface area contributed by atoms with Crippen molar-refractivity contribution in [2.45, 2.75) is 19.3 Å². The number of carboxylic acids is 1. The van der Waals surface area contributed by atoms with E-state index in [-0.39, 0.29) is 11.3 Å². The van der Waals surface area contributed by atoms with E-state index in [2.05, 4.69) is 12.1 Å². The highest BCUT2D eigenvalue weighted by Crippen LogP contribution is 2.21. The maximum absolute atomic E-state index is 10.9. The van der Waals surface area contributed by atoms with Gasteiger partial charge in [0.05, 0.1) is 5.56 Å². The van der Waals surface area contributed by atoms with Gasteiger partial charge >= 0.3 is 5.97 Å². The van der Waals surface area contributed by atoms with E-state index in [1.54, 1.807) is 6.07 Å². The molecule has 2 aromatic carbocycles. The molecule has 2 rings (SSSR count). The lowest BCUT2D eigenvalue weighted by Crippen LogP contribution is -1.98. The Morgan fingerprint density at radius 2 is 1.74 bits per heavy atom. The Morgan fingerprint density at radius 1 is 1.00 bits per heavy atom. The van der Waals surface area contributed by atoms with Gasteiger partial charge in [0.2, 0.25) is 0 Å². The Hall–Kier alpha value is -2.29. The molecule has 0 unspecified atom stereocenters. The third kappa shape index (κ3) is 3.58. The van der Waals surface area contributed by atoms with Gasteiger partial charge < -0.3 is 10.2 Å². The monoisotopic (exact) mass is 256 g/mol. The third-order valence-electron chi connectivity index (χ3n) is 3.08. The van der Waals surface area contributed by atoms with Gasteiger partial charge in [0.25, 0.3) is 0 Å². The summed E-state index contributed by atoms with van der Waals surface area (Å²) in [5.74, 6) is -0.803. The second-order valence-corrected chi connectivity index (χ2v) is 4.49. The molecule has 0 radical (unpaired) electrons. The first-order valence-corrected chi connectivity index (χ1v) is 6.26. The molecule has 0 fully saturated rings. The lowest BCUT2D eigenvalue weighted by Gasteiger charge is -2.06. The molecule has 19 heavy (non-hydrogen) atoms. The molecule has 3 heteroatoms. The molecule has 0 aliphatic heterocycles. The minimum Gasteiger partial charge on any atom is -0.508 e. The SMILES string of the molecule is O=C(O)c1ccc(O)c(CCCc2ccccc2)c1. The van der Waals surface area contributed by atoms with Crippen molar-refractivity contribution in [2.75, 3.05) is 0 Å². The quantitative estimate of drug-likeness (QED) is 0.863. The average Bonchev–Trinajstić information content (AvgIpc) is 2.42. The van der Waals surface area contributed by atoms with Gasteiger partial charge in [-0.1, -0.05) is 30.3 Å². The molecule has 0 atom stereocenters. The highest BCUT2D eigenvalue weighted by molar-refractivity contribution is 5.88. The minimum absolute atomic E-state index is 0.165. The predicted octanol–water partition coefficient (Wildman–Crippen LogP) is 3.27. The van der Waals surface area contributed by atoms with Crippen LogP contribution in [0.5, 0.6) is 5.75 Å². The molecule has 0 aromatic heterocycles. The first kappa shape index (κ1) is 13.1. The number of phenolic OH excluding ortho intramolecular Hbond substituents is 1. The van der Waals surface area contributed by atoms with Gasteiger partial charge in [-0.25, -0.2) is 4.79 Å². The number of phenols is 1. The van der Waals surface area contributed by atoms with Crippen LogP contribution < -0.4 is 0 Å². The molecular weight excluding hydrogens is 240 g/mol. The summed E-state index contributed by atoms with van der Waals surface area (Å²) >= 11 is 0. The normalized spacial score (nSPS) is 10.3. The number of aromatic hydroxyl groups is 1. The summed E-state index contributed by atoms with van der Waals surface area (Å²) in [4.78, 5) is 10.9. The van der Waals surface area contributed by atoms with Crippen molar-refractivity contribution in [3.8, 4) is 5.75 Å². The van der Waals surface area contributed by atoms with E-state index in [4.69, 9.17) is 5.11 Å². The van der Waals surface area contributed by atoms with Crippen molar-refractivity contribution in [1.82, 2.24) is 0 Å². The van der Waals surface area contributed by atoms with E-state index >= 15 is 0 Å². The van der Waals surface area contributed by atoms with Crippen LogP contribution in [0.3, 0.4) is 0 Å². The Bertz CT molecular complexity index is 561. The zero-order valence-electron chi connectivity index (χ0n) is 10.5. The second kappa shape index (κ2) is 6.05. The smallest absolute Gasteiger partial charge is 0.335 e. The highest BCUT2D eigenvalue weighted by atomic mass is 16.4. The molecule has 0 saturated carbocycles. The topological polar surface area (TPSA) is 57.5 Å². The number of benzene rings is 2. The van der Waals surface area contributed by atoms with Crippen LogP contribution in [0.1, 0.15) is 27.9 Å². The first-order valence-electron chi connectivity index (χ1n) is 6.26. The molecule has 0 saturated heterocycles. The zero-order valence-corrected chi connectivity index (χ0v) is 10.5. The van der Waals surface area contributed by atoms with Crippen LogP contribution in [0.4, 0.5) is 0 Å². The minimum atomic E-state index is -0.968. The Kier molecular flexibility index (Phi) is 4.18. The summed E-state index contributed by atoms with van der Waals surface area (Å²) in [6.07, 6.45) is 2.46. The number of hydrogen-bond acceptors (Lipinski definition) is 2. The molecule has 0 aliphatic rings. The fraction of sp³-hybridized carbons (Fsp3) is 0.188. The fourth-order valence-corrected chi connectivity index (χ4v) is 2.05. The van der Waals surface area contributed by atoms with E-state index in [1.807, 2.05) is 18.2 Å². The predicted molar refractivity (Wildman–Crippen MR) is 73.5 cm³/mol. The Balaban J connectivity index is 1.99. The summed E-state index contributed by atoms with van der Waals surface area (Å²) < 4.78 is 0. The molecule has 2 N–H and O–H groups in total. The van der Waals surface area contributed by atoms with Crippen molar-refractivity contribution in [1.29, 1.82) is 0 Å². The summed E-state index contributed by atoms with van der Waals surface area (Å²) in [6.45, 7) is 0. The number of hydrogen-bond donors (Lipinski definition) is 2. The molecule has 3 nitrogen and oxygen atoms in total. The van der Waals surface area contributed by atoms with Crippen LogP contribution in [0.2, 0.25) is 0 Å². The van der Waals surface area contributed by atoms with Gasteiger partial charge in [-0.05, 0) is 48.6 Å². The van der Waals surface area contributed by atoms with Gasteiger partial charge in [0, 0.05) is 0 Å². The number of rotatable bonds is 5. The molecule has 0 bridgehead atoms. The summed E-state index contributed by atoms with van der Waals surface area (Å²) in [6, 6.07) is 14.5. The van der Waals surface area contributed by atoms with Crippen molar-refractivity contribution >= 4 is 5.97 Å². The van der Waals surface area contributed by atoms with Crippen LogP contribution in [-0.2, 0) is 12.8 Å². The van der Waals surface area contributed by atoms with Gasteiger partial charge in [-0.15, -0.1) is 0 Å². The van der Waals surface area contributed by atoms with Crippen molar-refractivity contribution in [3.05, 3.63) is 65.2 Å². The average molecular weight is 256 g/mol. The van der Waals surface area contributed by atoms with Crippen molar-refractivity contribution in [2.24, 2.45) is 0 Å². The Labute approximate surface area is 112 Å². The molecule has 0 spiro atoms. The zero-order chi connectivity index (χ0) is 13.7. The largest absolute Gasteiger partial charge is 0.508 e. The van der Waals surface area contributed by atoms with E-state index in [9.17, 15) is 9.90 Å². The van der Waals surface area contributed by atoms with Crippen LogP contribution in [0.15, 0.2) is 48.5 Å². The van der Waals surface area contributed by atoms with Gasteiger partial charge in [0.15, 0.2) is 0 Å². The maximum Gasteiger partial charge on any atom is 0.335 e. The molecule has 0 aliphatic carbocycles. The van der Waals surface area contributed by atoms with Gasteiger partial charge in [0.1, 0.15) is 5.75 Å². The number of aromatic carboxylic acids is 1. The summed E-state index contributed by atoms with van der Waals surface area (Å²) in [5, 5.41) is 18.6. The first-order chi connectivity index (χ1) is 9.16. The van der Waals surface area contributed by atoms with Crippen LogP contribution in [-0.4, -0.2) is 16.2 Å². The lowest BCUT2D eigenvalue weighted by atomic mass is 10.0. The fourth-order valence-electron chi connectivity index (χ4n) is 2.05. The van der Waals surface area contributed by atoms with Crippen LogP contribution in [0.25, 0.3) is 0 Å². The van der Waals surface area contributed by atoms with Crippen LogP contribution in [0, 0.1) is 0 Å². The number of carboxylic acid groups (broad SMARTS) is 1. The third-order valence-corrected chi connectivity index (χ3v) is 3.08. The molecule has 0 heterocycles. The molecular formula is C16H16O3. The second-order valence-electron chi connectivity index (χ2n) is 4.49. The van der Waals surface area contributed by atoms with Gasteiger partial charge in [-0.2, -0.15) is 0 Å². The van der Waals surface area contributed by atoms with E-state index < -0.39 is 5.97 Å². The lowest BCUT2D eigenvalue weighted by molar-refractivity contribution is 0.0696.